The minimum Gasteiger partial charge on any atom is -0.393 e. The number of nitrogens with zero attached hydrogens (tertiary/aromatic N) is 4. The number of fused-ring (bicyclic) bond motifs is 1. The van der Waals surface area contributed by atoms with Gasteiger partial charge in [-0.1, -0.05) is 24.4 Å². The van der Waals surface area contributed by atoms with Crippen LogP contribution < -0.4 is 5.32 Å². The molecule has 3 aliphatic rings. The molecule has 0 atom stereocenters. The summed E-state index contributed by atoms with van der Waals surface area (Å²) < 4.78 is 1.95. The highest BCUT2D eigenvalue weighted by molar-refractivity contribution is 6.10. The first-order chi connectivity index (χ1) is 14.2. The van der Waals surface area contributed by atoms with Gasteiger partial charge in [0, 0.05) is 30.8 Å². The van der Waals surface area contributed by atoms with Crippen LogP contribution in [0.5, 0.6) is 0 Å². The van der Waals surface area contributed by atoms with E-state index in [9.17, 15) is 5.11 Å². The van der Waals surface area contributed by atoms with Gasteiger partial charge in [0.2, 0.25) is 0 Å². The second-order valence-electron chi connectivity index (χ2n) is 8.94. The van der Waals surface area contributed by atoms with Crippen molar-refractivity contribution in [3.8, 4) is 0 Å². The van der Waals surface area contributed by atoms with Crippen molar-refractivity contribution in [1.29, 1.82) is 0 Å². The predicted octanol–water partition coefficient (Wildman–Crippen LogP) is 3.99. The van der Waals surface area contributed by atoms with Gasteiger partial charge < -0.3 is 15.3 Å². The highest BCUT2D eigenvalue weighted by Crippen LogP contribution is 2.41. The summed E-state index contributed by atoms with van der Waals surface area (Å²) in [5.74, 6) is 0. The Morgan fingerprint density at radius 3 is 2.72 bits per heavy atom. The van der Waals surface area contributed by atoms with Crippen molar-refractivity contribution in [3.63, 3.8) is 0 Å². The quantitative estimate of drug-likeness (QED) is 0.815. The maximum absolute atomic E-state index is 9.88. The Labute approximate surface area is 171 Å². The molecular formula is C22H31N5O2. The Morgan fingerprint density at radius 1 is 1.17 bits per heavy atom. The second kappa shape index (κ2) is 7.59. The van der Waals surface area contributed by atoms with E-state index in [1.807, 2.05) is 17.1 Å². The molecule has 0 radical (unpaired) electrons. The minimum absolute atomic E-state index is 0.199. The summed E-state index contributed by atoms with van der Waals surface area (Å²) in [6, 6.07) is 0.486. The predicted molar refractivity (Wildman–Crippen MR) is 113 cm³/mol. The van der Waals surface area contributed by atoms with Gasteiger partial charge >= 0.3 is 0 Å². The van der Waals surface area contributed by atoms with Crippen molar-refractivity contribution in [2.75, 3.05) is 5.32 Å². The summed E-state index contributed by atoms with van der Waals surface area (Å²) in [5.41, 5.74) is 3.79. The lowest BCUT2D eigenvalue weighted by Crippen LogP contribution is -2.36. The number of aliphatic hydroxyl groups excluding tert-OH is 1. The van der Waals surface area contributed by atoms with Gasteiger partial charge in [-0.25, -0.2) is 9.67 Å². The van der Waals surface area contributed by atoms with Crippen molar-refractivity contribution in [1.82, 2.24) is 14.8 Å². The normalized spacial score (nSPS) is 27.9. The van der Waals surface area contributed by atoms with Crippen LogP contribution in [-0.2, 0) is 11.4 Å². The average Bonchev–Trinajstić information content (AvgIpc) is 3.36. The zero-order valence-corrected chi connectivity index (χ0v) is 17.2. The van der Waals surface area contributed by atoms with Gasteiger partial charge in [-0.2, -0.15) is 5.10 Å². The zero-order valence-electron chi connectivity index (χ0n) is 17.2. The van der Waals surface area contributed by atoms with E-state index < -0.39 is 0 Å². The van der Waals surface area contributed by atoms with E-state index in [2.05, 4.69) is 22.5 Å². The molecule has 2 fully saturated rings. The molecule has 2 N–H and O–H groups in total. The van der Waals surface area contributed by atoms with Crippen LogP contribution in [0.25, 0.3) is 11.0 Å². The Kier molecular flexibility index (Phi) is 4.94. The van der Waals surface area contributed by atoms with Crippen molar-refractivity contribution in [2.45, 2.75) is 95.4 Å². The molecule has 0 aromatic carbocycles. The van der Waals surface area contributed by atoms with Crippen molar-refractivity contribution in [2.24, 2.45) is 5.16 Å². The van der Waals surface area contributed by atoms with E-state index in [0.29, 0.717) is 6.04 Å². The number of aromatic nitrogens is 3. The van der Waals surface area contributed by atoms with Gasteiger partial charge in [0.05, 0.1) is 29.1 Å². The molecule has 2 aliphatic carbocycles. The maximum atomic E-state index is 9.88. The number of aliphatic hydroxyl groups is 1. The highest BCUT2D eigenvalue weighted by Gasteiger charge is 2.43. The molecule has 2 saturated carbocycles. The van der Waals surface area contributed by atoms with Crippen LogP contribution in [0.1, 0.15) is 76.7 Å². The summed E-state index contributed by atoms with van der Waals surface area (Å²) in [4.78, 5) is 10.7. The molecule has 1 aliphatic heterocycles. The summed E-state index contributed by atoms with van der Waals surface area (Å²) in [7, 11) is 0. The second-order valence-corrected chi connectivity index (χ2v) is 8.94. The van der Waals surface area contributed by atoms with E-state index in [1.165, 1.54) is 32.1 Å². The van der Waals surface area contributed by atoms with Crippen molar-refractivity contribution in [3.05, 3.63) is 18.0 Å². The number of hydrogen-bond donors (Lipinski definition) is 2. The van der Waals surface area contributed by atoms with Gasteiger partial charge in [-0.05, 0) is 45.4 Å². The first-order valence-corrected chi connectivity index (χ1v) is 11.2. The molecule has 7 heteroatoms. The Balaban J connectivity index is 1.49. The fourth-order valence-corrected chi connectivity index (χ4v) is 5.15. The third kappa shape index (κ3) is 3.50. The molecule has 29 heavy (non-hydrogen) atoms. The van der Waals surface area contributed by atoms with Gasteiger partial charge in [0.1, 0.15) is 5.60 Å². The molecule has 2 aromatic rings. The van der Waals surface area contributed by atoms with E-state index in [0.717, 1.165) is 66.6 Å². The molecule has 0 unspecified atom stereocenters. The smallest absolute Gasteiger partial charge is 0.159 e. The van der Waals surface area contributed by atoms with Crippen LogP contribution in [0.15, 0.2) is 17.5 Å². The topological polar surface area (TPSA) is 84.6 Å². The van der Waals surface area contributed by atoms with E-state index in [-0.39, 0.29) is 11.7 Å². The molecule has 156 valence electrons. The zero-order chi connectivity index (χ0) is 19.8. The lowest BCUT2D eigenvalue weighted by Gasteiger charge is -2.32. The lowest BCUT2D eigenvalue weighted by molar-refractivity contribution is -0.0676. The third-order valence-electron chi connectivity index (χ3n) is 6.94. The Bertz CT molecular complexity index is 907. The van der Waals surface area contributed by atoms with Crippen LogP contribution in [0.3, 0.4) is 0 Å². The van der Waals surface area contributed by atoms with Crippen molar-refractivity contribution < 1.29 is 9.94 Å². The number of nitrogens with one attached hydrogen (secondary N) is 1. The fourth-order valence-electron chi connectivity index (χ4n) is 5.15. The standard InChI is InChI=1S/C22H31N5O2/c1-2-27-21-18(14-24-27)20(25-15-6-4-3-5-7-15)17(13-23-21)19-12-22(29-26-19)10-8-16(28)9-11-22/h13-16,28H,2-12H2,1H3,(H,23,25). The van der Waals surface area contributed by atoms with Gasteiger partial charge in [-0.15, -0.1) is 0 Å². The number of oxime groups is 1. The molecule has 7 nitrogen and oxygen atoms in total. The lowest BCUT2D eigenvalue weighted by atomic mass is 9.79. The van der Waals surface area contributed by atoms with E-state index in [1.54, 1.807) is 0 Å². The summed E-state index contributed by atoms with van der Waals surface area (Å²) in [6.45, 7) is 2.89. The summed E-state index contributed by atoms with van der Waals surface area (Å²) in [6.07, 6.45) is 14.1. The molecule has 0 bridgehead atoms. The summed E-state index contributed by atoms with van der Waals surface area (Å²) in [5, 5.41) is 23.9. The molecular weight excluding hydrogens is 366 g/mol. The monoisotopic (exact) mass is 397 g/mol. The number of hydrogen-bond acceptors (Lipinski definition) is 6. The molecule has 2 aromatic heterocycles. The molecule has 0 amide bonds. The highest BCUT2D eigenvalue weighted by atomic mass is 16.7. The Morgan fingerprint density at radius 2 is 1.97 bits per heavy atom. The van der Waals surface area contributed by atoms with Crippen LogP contribution in [0.2, 0.25) is 0 Å². The molecule has 3 heterocycles. The van der Waals surface area contributed by atoms with Gasteiger partial charge in [0.15, 0.2) is 5.65 Å². The van der Waals surface area contributed by atoms with Crippen LogP contribution >= 0.6 is 0 Å². The summed E-state index contributed by atoms with van der Waals surface area (Å²) >= 11 is 0. The fraction of sp³-hybridized carbons (Fsp3) is 0.682. The number of pyridine rings is 1. The largest absolute Gasteiger partial charge is 0.393 e. The van der Waals surface area contributed by atoms with Crippen molar-refractivity contribution >= 4 is 22.4 Å². The number of aryl methyl sites for hydroxylation is 1. The van der Waals surface area contributed by atoms with Gasteiger partial charge in [-0.3, -0.25) is 0 Å². The first-order valence-electron chi connectivity index (χ1n) is 11.2. The van der Waals surface area contributed by atoms with E-state index in [4.69, 9.17) is 9.82 Å². The van der Waals surface area contributed by atoms with E-state index >= 15 is 0 Å². The number of rotatable bonds is 4. The van der Waals surface area contributed by atoms with Crippen LogP contribution in [0.4, 0.5) is 5.69 Å². The van der Waals surface area contributed by atoms with Crippen LogP contribution in [0, 0.1) is 0 Å². The molecule has 1 spiro atoms. The minimum atomic E-state index is -0.251. The van der Waals surface area contributed by atoms with Crippen LogP contribution in [-0.4, -0.2) is 43.3 Å². The molecule has 5 rings (SSSR count). The maximum Gasteiger partial charge on any atom is 0.159 e. The first kappa shape index (κ1) is 18.9. The average molecular weight is 398 g/mol. The third-order valence-corrected chi connectivity index (χ3v) is 6.94. The number of anilines is 1. The molecule has 0 saturated heterocycles. The Hall–Kier alpha value is -2.15. The van der Waals surface area contributed by atoms with Gasteiger partial charge in [0.25, 0.3) is 0 Å². The SMILES string of the molecule is CCn1ncc2c(NC3CCCCC3)c(C3=NOC4(CCC(O)CC4)C3)cnc21.